The number of rotatable bonds is 4. The molecule has 0 aliphatic carbocycles. The smallest absolute Gasteiger partial charge is 0.126 e. The quantitative estimate of drug-likeness (QED) is 0.890. The topological polar surface area (TPSA) is 30.5 Å². The van der Waals surface area contributed by atoms with Gasteiger partial charge < -0.3 is 14.8 Å². The lowest BCUT2D eigenvalue weighted by atomic mass is 9.84. The van der Waals surface area contributed by atoms with Gasteiger partial charge in [-0.1, -0.05) is 13.8 Å². The van der Waals surface area contributed by atoms with E-state index in [2.05, 4.69) is 25.2 Å². The second-order valence-corrected chi connectivity index (χ2v) is 5.36. The molecule has 0 aromatic heterocycles. The highest BCUT2D eigenvalue weighted by Crippen LogP contribution is 2.38. The number of ether oxygens (including phenoxy) is 2. The molecule has 1 heterocycles. The maximum Gasteiger partial charge on any atom is 0.126 e. The zero-order valence-electron chi connectivity index (χ0n) is 11.7. The molecule has 1 N–H and O–H groups in total. The van der Waals surface area contributed by atoms with Crippen molar-refractivity contribution < 1.29 is 9.47 Å². The maximum atomic E-state index is 5.56. The monoisotopic (exact) mass is 249 g/mol. The lowest BCUT2D eigenvalue weighted by Crippen LogP contribution is -2.29. The van der Waals surface area contributed by atoms with Crippen molar-refractivity contribution in [2.75, 3.05) is 20.8 Å². The highest BCUT2D eigenvalue weighted by molar-refractivity contribution is 5.49. The predicted molar refractivity (Wildman–Crippen MR) is 73.4 cm³/mol. The minimum atomic E-state index is 0.537. The summed E-state index contributed by atoms with van der Waals surface area (Å²) in [6.45, 7) is 6.47. The third-order valence-corrected chi connectivity index (χ3v) is 3.53. The summed E-state index contributed by atoms with van der Waals surface area (Å²) in [5.74, 6) is 3.07. The van der Waals surface area contributed by atoms with Crippen molar-refractivity contribution in [3.05, 3.63) is 23.3 Å². The molecular weight excluding hydrogens is 226 g/mol. The van der Waals surface area contributed by atoms with Crippen molar-refractivity contribution in [3.8, 4) is 11.5 Å². The van der Waals surface area contributed by atoms with Gasteiger partial charge in [0.15, 0.2) is 0 Å². The highest BCUT2D eigenvalue weighted by atomic mass is 16.5. The van der Waals surface area contributed by atoms with Crippen LogP contribution in [0.2, 0.25) is 0 Å². The van der Waals surface area contributed by atoms with E-state index in [9.17, 15) is 0 Å². The van der Waals surface area contributed by atoms with Gasteiger partial charge in [-0.3, -0.25) is 0 Å². The molecule has 0 spiro atoms. The zero-order valence-corrected chi connectivity index (χ0v) is 11.7. The van der Waals surface area contributed by atoms with Crippen molar-refractivity contribution in [2.45, 2.75) is 32.7 Å². The van der Waals surface area contributed by atoms with E-state index in [0.717, 1.165) is 24.6 Å². The van der Waals surface area contributed by atoms with Gasteiger partial charge in [-0.05, 0) is 24.0 Å². The Balaban J connectivity index is 2.41. The summed E-state index contributed by atoms with van der Waals surface area (Å²) >= 11 is 0. The number of methoxy groups -OCH3 is 2. The van der Waals surface area contributed by atoms with Crippen LogP contribution in [0.5, 0.6) is 11.5 Å². The third-order valence-electron chi connectivity index (χ3n) is 3.53. The van der Waals surface area contributed by atoms with Gasteiger partial charge in [-0.15, -0.1) is 0 Å². The van der Waals surface area contributed by atoms with E-state index in [1.165, 1.54) is 17.5 Å². The Labute approximate surface area is 109 Å². The van der Waals surface area contributed by atoms with Crippen molar-refractivity contribution in [2.24, 2.45) is 5.92 Å². The van der Waals surface area contributed by atoms with Crippen LogP contribution in [0.3, 0.4) is 0 Å². The molecule has 0 saturated heterocycles. The average Bonchev–Trinajstić information content (AvgIpc) is 2.36. The van der Waals surface area contributed by atoms with E-state index < -0.39 is 0 Å². The molecule has 0 radical (unpaired) electrons. The number of fused-ring (bicyclic) bond motifs is 1. The van der Waals surface area contributed by atoms with E-state index >= 15 is 0 Å². The SMILES string of the molecule is COc1cc2c(c(OC)c1)C(CC(C)C)CNC2. The first-order valence-electron chi connectivity index (χ1n) is 6.61. The van der Waals surface area contributed by atoms with Crippen molar-refractivity contribution in [1.82, 2.24) is 5.32 Å². The summed E-state index contributed by atoms with van der Waals surface area (Å²) < 4.78 is 10.9. The first-order chi connectivity index (χ1) is 8.65. The van der Waals surface area contributed by atoms with Gasteiger partial charge in [0.1, 0.15) is 11.5 Å². The van der Waals surface area contributed by atoms with Crippen LogP contribution in [0.15, 0.2) is 12.1 Å². The normalized spacial score (nSPS) is 18.6. The van der Waals surface area contributed by atoms with E-state index in [0.29, 0.717) is 11.8 Å². The van der Waals surface area contributed by atoms with Crippen LogP contribution in [-0.2, 0) is 6.54 Å². The second-order valence-electron chi connectivity index (χ2n) is 5.36. The first-order valence-corrected chi connectivity index (χ1v) is 6.61. The molecule has 0 amide bonds. The van der Waals surface area contributed by atoms with Gasteiger partial charge in [-0.25, -0.2) is 0 Å². The van der Waals surface area contributed by atoms with Crippen LogP contribution < -0.4 is 14.8 Å². The molecule has 3 heteroatoms. The van der Waals surface area contributed by atoms with E-state index in [4.69, 9.17) is 9.47 Å². The molecule has 100 valence electrons. The predicted octanol–water partition coefficient (Wildman–Crippen LogP) is 2.94. The molecule has 1 aromatic rings. The molecule has 2 rings (SSSR count). The molecule has 0 fully saturated rings. The minimum Gasteiger partial charge on any atom is -0.497 e. The number of hydrogen-bond donors (Lipinski definition) is 1. The summed E-state index contributed by atoms with van der Waals surface area (Å²) in [4.78, 5) is 0. The number of benzene rings is 1. The molecule has 1 atom stereocenters. The van der Waals surface area contributed by atoms with Crippen LogP contribution in [0.1, 0.15) is 37.3 Å². The van der Waals surface area contributed by atoms with Gasteiger partial charge in [-0.2, -0.15) is 0 Å². The van der Waals surface area contributed by atoms with E-state index in [1.807, 2.05) is 6.07 Å². The molecule has 0 saturated carbocycles. The molecule has 18 heavy (non-hydrogen) atoms. The summed E-state index contributed by atoms with van der Waals surface area (Å²) in [6, 6.07) is 4.12. The van der Waals surface area contributed by atoms with Crippen molar-refractivity contribution in [3.63, 3.8) is 0 Å². The van der Waals surface area contributed by atoms with Gasteiger partial charge in [0.05, 0.1) is 14.2 Å². The fourth-order valence-corrected chi connectivity index (χ4v) is 2.81. The third kappa shape index (κ3) is 2.61. The van der Waals surface area contributed by atoms with Crippen LogP contribution in [0.4, 0.5) is 0 Å². The molecule has 0 bridgehead atoms. The first kappa shape index (κ1) is 13.2. The Morgan fingerprint density at radius 1 is 1.28 bits per heavy atom. The largest absolute Gasteiger partial charge is 0.497 e. The van der Waals surface area contributed by atoms with Crippen LogP contribution in [0, 0.1) is 5.92 Å². The zero-order chi connectivity index (χ0) is 13.1. The van der Waals surface area contributed by atoms with Gasteiger partial charge in [0.2, 0.25) is 0 Å². The Morgan fingerprint density at radius 2 is 2.06 bits per heavy atom. The Bertz CT molecular complexity index is 398. The van der Waals surface area contributed by atoms with Crippen LogP contribution >= 0.6 is 0 Å². The van der Waals surface area contributed by atoms with E-state index in [1.54, 1.807) is 14.2 Å². The molecule has 1 aromatic carbocycles. The van der Waals surface area contributed by atoms with Crippen molar-refractivity contribution >= 4 is 0 Å². The molecule has 3 nitrogen and oxygen atoms in total. The van der Waals surface area contributed by atoms with Gasteiger partial charge >= 0.3 is 0 Å². The summed E-state index contributed by atoms with van der Waals surface area (Å²) in [6.07, 6.45) is 1.18. The van der Waals surface area contributed by atoms with Crippen molar-refractivity contribution in [1.29, 1.82) is 0 Å². The van der Waals surface area contributed by atoms with E-state index in [-0.39, 0.29) is 0 Å². The Hall–Kier alpha value is -1.22. The van der Waals surface area contributed by atoms with Crippen LogP contribution in [-0.4, -0.2) is 20.8 Å². The highest BCUT2D eigenvalue weighted by Gasteiger charge is 2.25. The maximum absolute atomic E-state index is 5.56. The summed E-state index contributed by atoms with van der Waals surface area (Å²) in [5.41, 5.74) is 2.67. The summed E-state index contributed by atoms with van der Waals surface area (Å²) in [7, 11) is 3.44. The Morgan fingerprint density at radius 3 is 2.67 bits per heavy atom. The fourth-order valence-electron chi connectivity index (χ4n) is 2.81. The van der Waals surface area contributed by atoms with Gasteiger partial charge in [0, 0.05) is 30.6 Å². The lowest BCUT2D eigenvalue weighted by molar-refractivity contribution is 0.372. The Kier molecular flexibility index (Phi) is 4.12. The summed E-state index contributed by atoms with van der Waals surface area (Å²) in [5, 5.41) is 3.49. The lowest BCUT2D eigenvalue weighted by Gasteiger charge is -2.29. The molecular formula is C15H23NO2. The number of nitrogens with one attached hydrogen (secondary N) is 1. The average molecular weight is 249 g/mol. The molecule has 1 aliphatic heterocycles. The minimum absolute atomic E-state index is 0.537. The fraction of sp³-hybridized carbons (Fsp3) is 0.600. The molecule has 1 unspecified atom stereocenters. The second kappa shape index (κ2) is 5.61. The van der Waals surface area contributed by atoms with Crippen LogP contribution in [0.25, 0.3) is 0 Å². The standard InChI is InChI=1S/C15H23NO2/c1-10(2)5-11-8-16-9-12-6-13(17-3)7-14(18-4)15(11)12/h6-7,10-11,16H,5,8-9H2,1-4H3. The van der Waals surface area contributed by atoms with Gasteiger partial charge in [0.25, 0.3) is 0 Å². The number of hydrogen-bond acceptors (Lipinski definition) is 3. The molecule has 1 aliphatic rings.